The van der Waals surface area contributed by atoms with E-state index >= 15 is 0 Å². The molecule has 20 heteroatoms. The van der Waals surface area contributed by atoms with Crippen LogP contribution in [0.15, 0.2) is 0 Å². The minimum absolute atomic E-state index is 0.0247. The highest BCUT2D eigenvalue weighted by molar-refractivity contribution is 5.86. The van der Waals surface area contributed by atoms with Gasteiger partial charge in [0.15, 0.2) is 0 Å². The van der Waals surface area contributed by atoms with Crippen molar-refractivity contribution in [3.8, 4) is 0 Å². The molecule has 0 aliphatic heterocycles. The molecule has 0 heterocycles. The SMILES string of the molecule is CC(C)(C)OC(=O)CN(CCN(CCN(CC(=O)OC(C)(C)C)CC(=O)N(CC(=O)O)CC(=O)O)CC(=O)OC(C)(C)C)CCN(CC(=O)OC(C)(C)C)CC(=O)OC(C)(C)C. The Morgan fingerprint density at radius 2 is 0.516 bits per heavy atom. The number of aliphatic carboxylic acids is 2. The maximum atomic E-state index is 13.3. The van der Waals surface area contributed by atoms with Gasteiger partial charge in [-0.25, -0.2) is 0 Å². The van der Waals surface area contributed by atoms with Crippen molar-refractivity contribution in [3.05, 3.63) is 0 Å². The van der Waals surface area contributed by atoms with Crippen molar-refractivity contribution in [2.75, 3.05) is 91.6 Å². The Labute approximate surface area is 367 Å². The van der Waals surface area contributed by atoms with Crippen molar-refractivity contribution in [2.24, 2.45) is 0 Å². The number of amides is 1. The summed E-state index contributed by atoms with van der Waals surface area (Å²) in [6.45, 7) is 22.2. The van der Waals surface area contributed by atoms with Gasteiger partial charge in [0.1, 0.15) is 41.1 Å². The van der Waals surface area contributed by atoms with Crippen LogP contribution in [0, 0.1) is 0 Å². The second-order valence-electron chi connectivity index (χ2n) is 19.9. The summed E-state index contributed by atoms with van der Waals surface area (Å²) in [5, 5.41) is 18.7. The highest BCUT2D eigenvalue weighted by Gasteiger charge is 2.29. The molecule has 0 saturated carbocycles. The van der Waals surface area contributed by atoms with Gasteiger partial charge < -0.3 is 38.8 Å². The van der Waals surface area contributed by atoms with Gasteiger partial charge in [-0.05, 0) is 104 Å². The Kier molecular flexibility index (Phi) is 23.3. The number of hydrogen-bond acceptors (Lipinski definition) is 17. The second-order valence-corrected chi connectivity index (χ2v) is 19.9. The van der Waals surface area contributed by atoms with Crippen molar-refractivity contribution in [2.45, 2.75) is 132 Å². The molecule has 0 radical (unpaired) electrons. The summed E-state index contributed by atoms with van der Waals surface area (Å²) in [6.07, 6.45) is 0. The summed E-state index contributed by atoms with van der Waals surface area (Å²) in [5.74, 6) is -6.76. The third-order valence-corrected chi connectivity index (χ3v) is 7.42. The zero-order valence-electron chi connectivity index (χ0n) is 39.8. The number of ether oxygens (including phenoxy) is 5. The molecular weight excluding hydrogens is 814 g/mol. The van der Waals surface area contributed by atoms with E-state index in [1.165, 1.54) is 4.90 Å². The molecule has 0 aliphatic rings. The molecule has 0 unspecified atom stereocenters. The van der Waals surface area contributed by atoms with Crippen LogP contribution in [0.1, 0.15) is 104 Å². The van der Waals surface area contributed by atoms with E-state index in [-0.39, 0.29) is 65.4 Å². The molecule has 20 nitrogen and oxygen atoms in total. The summed E-state index contributed by atoms with van der Waals surface area (Å²) < 4.78 is 27.7. The van der Waals surface area contributed by atoms with Gasteiger partial charge in [0, 0.05) is 39.3 Å². The van der Waals surface area contributed by atoms with Gasteiger partial charge >= 0.3 is 41.8 Å². The predicted molar refractivity (Wildman–Crippen MR) is 227 cm³/mol. The molecule has 358 valence electrons. The van der Waals surface area contributed by atoms with E-state index in [1.54, 1.807) is 119 Å². The lowest BCUT2D eigenvalue weighted by molar-refractivity contribution is -0.161. The topological polar surface area (TPSA) is 239 Å². The fourth-order valence-electron chi connectivity index (χ4n) is 5.45. The van der Waals surface area contributed by atoms with E-state index in [1.807, 2.05) is 0 Å². The van der Waals surface area contributed by atoms with E-state index < -0.39 is 102 Å². The number of carboxylic acid groups (broad SMARTS) is 2. The number of carbonyl (C=O) groups is 8. The van der Waals surface area contributed by atoms with Crippen LogP contribution in [0.2, 0.25) is 0 Å². The number of carboxylic acids is 2. The van der Waals surface area contributed by atoms with E-state index in [0.29, 0.717) is 4.90 Å². The summed E-state index contributed by atoms with van der Waals surface area (Å²) in [5.41, 5.74) is -4.13. The number of nitrogens with zero attached hydrogens (tertiary/aromatic N) is 5. The fourth-order valence-corrected chi connectivity index (χ4v) is 5.45. The zero-order chi connectivity index (χ0) is 48.4. The monoisotopic (exact) mass is 890 g/mol. The second kappa shape index (κ2) is 25.0. The first-order valence-electron chi connectivity index (χ1n) is 20.6. The largest absolute Gasteiger partial charge is 0.480 e. The lowest BCUT2D eigenvalue weighted by Crippen LogP contribution is -2.49. The maximum Gasteiger partial charge on any atom is 0.323 e. The minimum Gasteiger partial charge on any atom is -0.480 e. The smallest absolute Gasteiger partial charge is 0.323 e. The van der Waals surface area contributed by atoms with Crippen LogP contribution in [0.3, 0.4) is 0 Å². The Hall–Kier alpha value is -4.40. The molecular formula is C42H75N5O15. The Bertz CT molecular complexity index is 1470. The molecule has 0 aliphatic carbocycles. The third kappa shape index (κ3) is 32.3. The van der Waals surface area contributed by atoms with Crippen LogP contribution in [-0.2, 0) is 62.0 Å². The highest BCUT2D eigenvalue weighted by Crippen LogP contribution is 2.13. The summed E-state index contributed by atoms with van der Waals surface area (Å²) in [6, 6.07) is 0. The number of esters is 5. The van der Waals surface area contributed by atoms with E-state index in [9.17, 15) is 48.6 Å². The third-order valence-electron chi connectivity index (χ3n) is 7.42. The standard InChI is InChI=1S/C42H75N5O15/c1-38(2,3)58-33(53)25-43(18-20-45(27-35(55)60-40(7,8)9)22-30(48)47(23-31(49)50)24-32(51)52)16-17-44(26-34(54)59-39(4,5)6)19-21-46(28-36(56)61-41(10,11)12)29-37(57)62-42(13,14)15/h16-29H2,1-15H3,(H,49,50)(H,51,52). The van der Waals surface area contributed by atoms with Gasteiger partial charge in [-0.15, -0.1) is 0 Å². The first kappa shape index (κ1) is 57.6. The fraction of sp³-hybridized carbons (Fsp3) is 0.810. The first-order valence-corrected chi connectivity index (χ1v) is 20.6. The van der Waals surface area contributed by atoms with E-state index in [4.69, 9.17) is 23.7 Å². The molecule has 0 aromatic carbocycles. The van der Waals surface area contributed by atoms with Crippen LogP contribution in [0.4, 0.5) is 0 Å². The van der Waals surface area contributed by atoms with E-state index in [2.05, 4.69) is 0 Å². The van der Waals surface area contributed by atoms with Crippen molar-refractivity contribution >= 4 is 47.7 Å². The first-order chi connectivity index (χ1) is 27.9. The molecule has 0 saturated heterocycles. The summed E-state index contributed by atoms with van der Waals surface area (Å²) in [7, 11) is 0. The summed E-state index contributed by atoms with van der Waals surface area (Å²) >= 11 is 0. The molecule has 0 spiro atoms. The zero-order valence-corrected chi connectivity index (χ0v) is 39.8. The maximum absolute atomic E-state index is 13.3. The van der Waals surface area contributed by atoms with Gasteiger partial charge in [0.05, 0.1) is 39.3 Å². The molecule has 0 fully saturated rings. The van der Waals surface area contributed by atoms with Crippen LogP contribution in [-0.4, -0.2) is 202 Å². The molecule has 62 heavy (non-hydrogen) atoms. The Morgan fingerprint density at radius 1 is 0.323 bits per heavy atom. The summed E-state index contributed by atoms with van der Waals surface area (Å²) in [4.78, 5) is 108. The number of rotatable bonds is 25. The normalized spacial score (nSPS) is 12.6. The van der Waals surface area contributed by atoms with Crippen molar-refractivity contribution in [1.82, 2.24) is 24.5 Å². The Morgan fingerprint density at radius 3 is 0.726 bits per heavy atom. The highest BCUT2D eigenvalue weighted by atomic mass is 16.6. The van der Waals surface area contributed by atoms with Crippen molar-refractivity contribution in [1.29, 1.82) is 0 Å². The van der Waals surface area contributed by atoms with Crippen molar-refractivity contribution in [3.63, 3.8) is 0 Å². The quantitative estimate of drug-likeness (QED) is 0.0983. The Balaban J connectivity index is 6.74. The lowest BCUT2D eigenvalue weighted by Gasteiger charge is -2.32. The van der Waals surface area contributed by atoms with Gasteiger partial charge in [-0.1, -0.05) is 0 Å². The van der Waals surface area contributed by atoms with Crippen LogP contribution >= 0.6 is 0 Å². The van der Waals surface area contributed by atoms with Gasteiger partial charge in [0.25, 0.3) is 0 Å². The average Bonchev–Trinajstić information content (AvgIpc) is 2.98. The molecule has 0 atom stereocenters. The van der Waals surface area contributed by atoms with E-state index in [0.717, 1.165) is 0 Å². The molecule has 0 bridgehead atoms. The van der Waals surface area contributed by atoms with Gasteiger partial charge in [-0.3, -0.25) is 58.0 Å². The number of hydrogen-bond donors (Lipinski definition) is 2. The minimum atomic E-state index is -1.43. The molecule has 2 N–H and O–H groups in total. The molecule has 1 amide bonds. The molecule has 0 rings (SSSR count). The number of carbonyl (C=O) groups excluding carboxylic acids is 6. The average molecular weight is 890 g/mol. The van der Waals surface area contributed by atoms with Crippen molar-refractivity contribution < 1.29 is 72.3 Å². The molecule has 0 aromatic heterocycles. The lowest BCUT2D eigenvalue weighted by atomic mass is 10.2. The van der Waals surface area contributed by atoms with Gasteiger partial charge in [0.2, 0.25) is 5.91 Å². The van der Waals surface area contributed by atoms with Crippen LogP contribution < -0.4 is 0 Å². The van der Waals surface area contributed by atoms with Crippen LogP contribution in [0.25, 0.3) is 0 Å². The molecule has 0 aromatic rings. The van der Waals surface area contributed by atoms with Crippen LogP contribution in [0.5, 0.6) is 0 Å². The predicted octanol–water partition coefficient (Wildman–Crippen LogP) is 1.90. The van der Waals surface area contributed by atoms with Gasteiger partial charge in [-0.2, -0.15) is 0 Å².